The van der Waals surface area contributed by atoms with E-state index in [9.17, 15) is 0 Å². The van der Waals surface area contributed by atoms with Gasteiger partial charge in [0.05, 0.1) is 23.8 Å². The zero-order valence-electron chi connectivity index (χ0n) is 11.9. The van der Waals surface area contributed by atoms with E-state index in [1.54, 1.807) is 0 Å². The first-order valence-corrected chi connectivity index (χ1v) is 6.95. The Kier molecular flexibility index (Phi) is 7.18. The van der Waals surface area contributed by atoms with Crippen molar-refractivity contribution in [3.63, 3.8) is 0 Å². The average molecular weight is 250 g/mol. The van der Waals surface area contributed by atoms with Crippen LogP contribution in [0.4, 0.5) is 11.4 Å². The van der Waals surface area contributed by atoms with E-state index in [0.717, 1.165) is 50.5 Å². The van der Waals surface area contributed by atoms with Crippen LogP contribution >= 0.6 is 0 Å². The number of hydrogen-bond donors (Lipinski definition) is 2. The molecule has 1 heterocycles. The fraction of sp³-hybridized carbons (Fsp3) is 0.643. The molecule has 0 aliphatic carbocycles. The molecule has 18 heavy (non-hydrogen) atoms. The molecule has 0 aliphatic heterocycles. The molecule has 0 atom stereocenters. The third-order valence-corrected chi connectivity index (χ3v) is 2.99. The highest BCUT2D eigenvalue weighted by atomic mass is 15.1. The third kappa shape index (κ3) is 5.36. The topological polar surface area (TPSA) is 40.2 Å². The summed E-state index contributed by atoms with van der Waals surface area (Å²) in [5.74, 6) is 0. The highest BCUT2D eigenvalue weighted by Crippen LogP contribution is 2.12. The van der Waals surface area contributed by atoms with Crippen LogP contribution in [0.5, 0.6) is 0 Å². The molecule has 0 amide bonds. The van der Waals surface area contributed by atoms with Crippen molar-refractivity contribution in [2.75, 3.05) is 43.4 Å². The molecular formula is C14H26N4. The van der Waals surface area contributed by atoms with Crippen LogP contribution < -0.4 is 10.6 Å². The van der Waals surface area contributed by atoms with Gasteiger partial charge in [0.1, 0.15) is 0 Å². The molecule has 1 aromatic rings. The van der Waals surface area contributed by atoms with Crippen LogP contribution in [0, 0.1) is 0 Å². The second-order valence-electron chi connectivity index (χ2n) is 4.30. The van der Waals surface area contributed by atoms with Crippen molar-refractivity contribution in [3.8, 4) is 0 Å². The summed E-state index contributed by atoms with van der Waals surface area (Å²) in [6, 6.07) is 2.11. The number of anilines is 2. The number of pyridine rings is 1. The van der Waals surface area contributed by atoms with Crippen molar-refractivity contribution in [2.24, 2.45) is 0 Å². The summed E-state index contributed by atoms with van der Waals surface area (Å²) in [4.78, 5) is 6.65. The van der Waals surface area contributed by atoms with Crippen molar-refractivity contribution in [3.05, 3.63) is 18.5 Å². The molecule has 1 rings (SSSR count). The van der Waals surface area contributed by atoms with Gasteiger partial charge in [-0.15, -0.1) is 0 Å². The number of nitrogens with one attached hydrogen (secondary N) is 2. The van der Waals surface area contributed by atoms with Crippen molar-refractivity contribution < 1.29 is 0 Å². The second-order valence-corrected chi connectivity index (χ2v) is 4.30. The molecule has 0 saturated carbocycles. The molecule has 0 aliphatic rings. The van der Waals surface area contributed by atoms with Gasteiger partial charge in [-0.05, 0) is 39.0 Å². The molecule has 0 spiro atoms. The predicted molar refractivity (Wildman–Crippen MR) is 79.3 cm³/mol. The normalized spacial score (nSPS) is 10.7. The van der Waals surface area contributed by atoms with E-state index in [2.05, 4.69) is 47.4 Å². The minimum Gasteiger partial charge on any atom is -0.384 e. The Morgan fingerprint density at radius 1 is 1.06 bits per heavy atom. The van der Waals surface area contributed by atoms with Gasteiger partial charge in [0, 0.05) is 13.1 Å². The summed E-state index contributed by atoms with van der Waals surface area (Å²) in [5, 5.41) is 6.68. The van der Waals surface area contributed by atoms with E-state index in [1.807, 2.05) is 12.4 Å². The van der Waals surface area contributed by atoms with Crippen molar-refractivity contribution in [2.45, 2.75) is 27.2 Å². The molecule has 0 fully saturated rings. The summed E-state index contributed by atoms with van der Waals surface area (Å²) in [7, 11) is 0. The van der Waals surface area contributed by atoms with Gasteiger partial charge >= 0.3 is 0 Å². The predicted octanol–water partition coefficient (Wildman–Crippen LogP) is 2.66. The minimum atomic E-state index is 0.924. The van der Waals surface area contributed by atoms with Gasteiger partial charge in [-0.3, -0.25) is 4.98 Å². The standard InChI is InChI=1S/C14H26N4/c1-4-16-13-10-14(12-15-11-13)17-8-7-9-18(5-2)6-3/h10-12,16-17H,4-9H2,1-3H3. The van der Waals surface area contributed by atoms with E-state index < -0.39 is 0 Å². The molecule has 102 valence electrons. The maximum Gasteiger partial charge on any atom is 0.0547 e. The summed E-state index contributed by atoms with van der Waals surface area (Å²) in [6.07, 6.45) is 4.88. The highest BCUT2D eigenvalue weighted by molar-refractivity contribution is 5.53. The Morgan fingerprint density at radius 3 is 2.33 bits per heavy atom. The molecule has 4 heteroatoms. The fourth-order valence-electron chi connectivity index (χ4n) is 1.91. The minimum absolute atomic E-state index is 0.924. The van der Waals surface area contributed by atoms with Gasteiger partial charge in [-0.25, -0.2) is 0 Å². The maximum atomic E-state index is 4.21. The van der Waals surface area contributed by atoms with E-state index in [-0.39, 0.29) is 0 Å². The third-order valence-electron chi connectivity index (χ3n) is 2.99. The van der Waals surface area contributed by atoms with Crippen LogP contribution in [-0.4, -0.2) is 42.6 Å². The maximum absolute atomic E-state index is 4.21. The summed E-state index contributed by atoms with van der Waals surface area (Å²) >= 11 is 0. The molecule has 0 bridgehead atoms. The number of hydrogen-bond acceptors (Lipinski definition) is 4. The number of aromatic nitrogens is 1. The Morgan fingerprint density at radius 2 is 1.72 bits per heavy atom. The zero-order valence-corrected chi connectivity index (χ0v) is 11.9. The largest absolute Gasteiger partial charge is 0.384 e. The average Bonchev–Trinajstić information content (AvgIpc) is 2.40. The number of rotatable bonds is 9. The SMILES string of the molecule is CCNc1cncc(NCCCN(CC)CC)c1. The van der Waals surface area contributed by atoms with Crippen LogP contribution in [0.1, 0.15) is 27.2 Å². The van der Waals surface area contributed by atoms with E-state index >= 15 is 0 Å². The molecule has 2 N–H and O–H groups in total. The quantitative estimate of drug-likeness (QED) is 0.661. The van der Waals surface area contributed by atoms with Gasteiger partial charge in [0.2, 0.25) is 0 Å². The van der Waals surface area contributed by atoms with E-state index in [0.29, 0.717) is 0 Å². The van der Waals surface area contributed by atoms with Crippen molar-refractivity contribution >= 4 is 11.4 Å². The van der Waals surface area contributed by atoms with Gasteiger partial charge < -0.3 is 15.5 Å². The summed E-state index contributed by atoms with van der Waals surface area (Å²) in [5.41, 5.74) is 2.17. The Hall–Kier alpha value is -1.29. The first-order valence-electron chi connectivity index (χ1n) is 6.95. The lowest BCUT2D eigenvalue weighted by molar-refractivity contribution is 0.303. The van der Waals surface area contributed by atoms with E-state index in [1.165, 1.54) is 0 Å². The summed E-state index contributed by atoms with van der Waals surface area (Å²) in [6.45, 7) is 11.8. The lowest BCUT2D eigenvalue weighted by Gasteiger charge is -2.18. The van der Waals surface area contributed by atoms with Crippen LogP contribution in [-0.2, 0) is 0 Å². The van der Waals surface area contributed by atoms with Gasteiger partial charge in [-0.1, -0.05) is 13.8 Å². The monoisotopic (exact) mass is 250 g/mol. The first-order chi connectivity index (χ1) is 8.80. The fourth-order valence-corrected chi connectivity index (χ4v) is 1.91. The Labute approximate surface area is 111 Å². The van der Waals surface area contributed by atoms with Crippen molar-refractivity contribution in [1.29, 1.82) is 0 Å². The van der Waals surface area contributed by atoms with E-state index in [4.69, 9.17) is 0 Å². The summed E-state index contributed by atoms with van der Waals surface area (Å²) < 4.78 is 0. The molecule has 0 saturated heterocycles. The highest BCUT2D eigenvalue weighted by Gasteiger charge is 1.99. The van der Waals surface area contributed by atoms with Crippen LogP contribution in [0.25, 0.3) is 0 Å². The van der Waals surface area contributed by atoms with Gasteiger partial charge in [0.25, 0.3) is 0 Å². The first kappa shape index (κ1) is 14.8. The molecule has 0 radical (unpaired) electrons. The molecule has 0 aromatic carbocycles. The van der Waals surface area contributed by atoms with Crippen LogP contribution in [0.15, 0.2) is 18.5 Å². The molecule has 4 nitrogen and oxygen atoms in total. The molecule has 0 unspecified atom stereocenters. The van der Waals surface area contributed by atoms with Crippen LogP contribution in [0.2, 0.25) is 0 Å². The Balaban J connectivity index is 2.28. The van der Waals surface area contributed by atoms with Gasteiger partial charge in [0.15, 0.2) is 0 Å². The lowest BCUT2D eigenvalue weighted by Crippen LogP contribution is -2.25. The molecular weight excluding hydrogens is 224 g/mol. The zero-order chi connectivity index (χ0) is 13.2. The number of nitrogens with zero attached hydrogens (tertiary/aromatic N) is 2. The van der Waals surface area contributed by atoms with Crippen LogP contribution in [0.3, 0.4) is 0 Å². The molecule has 1 aromatic heterocycles. The Bertz CT molecular complexity index is 323. The van der Waals surface area contributed by atoms with Crippen molar-refractivity contribution in [1.82, 2.24) is 9.88 Å². The smallest absolute Gasteiger partial charge is 0.0547 e. The lowest BCUT2D eigenvalue weighted by atomic mass is 10.3. The second kappa shape index (κ2) is 8.75. The van der Waals surface area contributed by atoms with Gasteiger partial charge in [-0.2, -0.15) is 0 Å².